The molecule has 0 unspecified atom stereocenters. The molecule has 2 aromatic carbocycles. The van der Waals surface area contributed by atoms with Crippen molar-refractivity contribution in [2.24, 2.45) is 0 Å². The number of hydrogen-bond acceptors (Lipinski definition) is 4. The highest BCUT2D eigenvalue weighted by atomic mass is 16.5. The van der Waals surface area contributed by atoms with Gasteiger partial charge in [0.15, 0.2) is 11.3 Å². The monoisotopic (exact) mass is 270 g/mol. The molecule has 102 valence electrons. The highest BCUT2D eigenvalue weighted by molar-refractivity contribution is 5.84. The number of rotatable bonds is 4. The molecule has 1 N–H and O–H groups in total. The topological polar surface area (TPSA) is 51.8 Å². The average Bonchev–Trinajstić information content (AvgIpc) is 2.92. The van der Waals surface area contributed by atoms with Crippen molar-refractivity contribution in [2.45, 2.75) is 6.61 Å². The summed E-state index contributed by atoms with van der Waals surface area (Å²) < 4.78 is 16.6. The lowest BCUT2D eigenvalue weighted by atomic mass is 10.2. The van der Waals surface area contributed by atoms with Crippen molar-refractivity contribution in [1.29, 1.82) is 0 Å². The normalized spacial score (nSPS) is 10.7. The number of furan rings is 1. The van der Waals surface area contributed by atoms with Gasteiger partial charge in [0.2, 0.25) is 0 Å². The number of ether oxygens (including phenoxy) is 2. The number of methoxy groups -OCH3 is 1. The summed E-state index contributed by atoms with van der Waals surface area (Å²) in [5.74, 6) is 2.51. The van der Waals surface area contributed by atoms with Crippen LogP contribution in [-0.2, 0) is 6.61 Å². The van der Waals surface area contributed by atoms with Gasteiger partial charge < -0.3 is 19.0 Å². The van der Waals surface area contributed by atoms with E-state index in [0.717, 1.165) is 11.1 Å². The van der Waals surface area contributed by atoms with E-state index in [-0.39, 0.29) is 6.61 Å². The zero-order chi connectivity index (χ0) is 13.9. The number of benzene rings is 2. The van der Waals surface area contributed by atoms with Crippen molar-refractivity contribution in [3.05, 3.63) is 54.3 Å². The van der Waals surface area contributed by atoms with Crippen LogP contribution in [0.4, 0.5) is 0 Å². The largest absolute Gasteiger partial charge is 0.497 e. The minimum Gasteiger partial charge on any atom is -0.497 e. The molecule has 3 aromatic rings. The van der Waals surface area contributed by atoms with Gasteiger partial charge in [-0.05, 0) is 24.3 Å². The van der Waals surface area contributed by atoms with Crippen molar-refractivity contribution in [1.82, 2.24) is 0 Å². The van der Waals surface area contributed by atoms with Gasteiger partial charge >= 0.3 is 0 Å². The van der Waals surface area contributed by atoms with Crippen molar-refractivity contribution >= 4 is 11.0 Å². The van der Waals surface area contributed by atoms with Gasteiger partial charge in [0, 0.05) is 11.5 Å². The molecule has 1 heterocycles. The average molecular weight is 270 g/mol. The van der Waals surface area contributed by atoms with E-state index < -0.39 is 0 Å². The van der Waals surface area contributed by atoms with Crippen LogP contribution in [-0.4, -0.2) is 12.2 Å². The van der Waals surface area contributed by atoms with E-state index in [2.05, 4.69) is 0 Å². The molecule has 0 saturated carbocycles. The van der Waals surface area contributed by atoms with E-state index in [4.69, 9.17) is 19.0 Å². The van der Waals surface area contributed by atoms with E-state index in [0.29, 0.717) is 22.8 Å². The molecule has 20 heavy (non-hydrogen) atoms. The zero-order valence-electron chi connectivity index (χ0n) is 11.0. The van der Waals surface area contributed by atoms with Crippen LogP contribution < -0.4 is 9.47 Å². The number of hydrogen-bond donors (Lipinski definition) is 1. The van der Waals surface area contributed by atoms with E-state index in [1.807, 2.05) is 36.4 Å². The molecule has 0 atom stereocenters. The molecule has 0 aliphatic rings. The number of fused-ring (bicyclic) bond motifs is 1. The summed E-state index contributed by atoms with van der Waals surface area (Å²) in [4.78, 5) is 0. The third-order valence-electron chi connectivity index (χ3n) is 2.98. The van der Waals surface area contributed by atoms with Gasteiger partial charge in [-0.2, -0.15) is 0 Å². The third kappa shape index (κ3) is 2.33. The molecule has 0 saturated heterocycles. The van der Waals surface area contributed by atoms with Crippen LogP contribution in [0.5, 0.6) is 17.2 Å². The number of para-hydroxylation sites is 1. The molecule has 0 fully saturated rings. The Kier molecular flexibility index (Phi) is 3.31. The maximum atomic E-state index is 9.14. The van der Waals surface area contributed by atoms with Crippen LogP contribution in [0.2, 0.25) is 0 Å². The van der Waals surface area contributed by atoms with Crippen LogP contribution in [0.3, 0.4) is 0 Å². The Bertz CT molecular complexity index is 730. The Balaban J connectivity index is 1.99. The van der Waals surface area contributed by atoms with Gasteiger partial charge in [0.05, 0.1) is 7.11 Å². The lowest BCUT2D eigenvalue weighted by molar-refractivity contribution is 0.250. The second-order valence-corrected chi connectivity index (χ2v) is 4.33. The fraction of sp³-hybridized carbons (Fsp3) is 0.125. The lowest BCUT2D eigenvalue weighted by Crippen LogP contribution is -1.86. The first-order valence-electron chi connectivity index (χ1n) is 6.24. The van der Waals surface area contributed by atoms with Crippen LogP contribution in [0.15, 0.2) is 52.9 Å². The molecule has 4 nitrogen and oxygen atoms in total. The summed E-state index contributed by atoms with van der Waals surface area (Å²) in [7, 11) is 1.61. The molecular formula is C16H14O4. The number of aliphatic hydroxyl groups is 1. The zero-order valence-corrected chi connectivity index (χ0v) is 11.0. The molecule has 0 radical (unpaired) electrons. The second kappa shape index (κ2) is 5.27. The molecule has 0 spiro atoms. The molecule has 0 bridgehead atoms. The molecule has 0 aliphatic heterocycles. The Morgan fingerprint density at radius 2 is 1.85 bits per heavy atom. The minimum absolute atomic E-state index is 0.132. The van der Waals surface area contributed by atoms with E-state index in [1.54, 1.807) is 19.2 Å². The Morgan fingerprint density at radius 3 is 2.65 bits per heavy atom. The molecular weight excluding hydrogens is 256 g/mol. The van der Waals surface area contributed by atoms with Gasteiger partial charge in [-0.15, -0.1) is 0 Å². The summed E-state index contributed by atoms with van der Waals surface area (Å²) in [5, 5.41) is 10.0. The first kappa shape index (κ1) is 12.6. The maximum absolute atomic E-state index is 9.14. The highest BCUT2D eigenvalue weighted by Gasteiger charge is 2.09. The fourth-order valence-corrected chi connectivity index (χ4v) is 2.04. The van der Waals surface area contributed by atoms with Gasteiger partial charge in [0.1, 0.15) is 23.9 Å². The van der Waals surface area contributed by atoms with Crippen molar-refractivity contribution in [3.63, 3.8) is 0 Å². The molecule has 0 aliphatic carbocycles. The van der Waals surface area contributed by atoms with Crippen LogP contribution in [0.1, 0.15) is 5.76 Å². The predicted octanol–water partition coefficient (Wildman–Crippen LogP) is 3.73. The van der Waals surface area contributed by atoms with Gasteiger partial charge in [-0.25, -0.2) is 0 Å². The summed E-state index contributed by atoms with van der Waals surface area (Å²) in [6.07, 6.45) is 0. The fourth-order valence-electron chi connectivity index (χ4n) is 2.04. The molecule has 3 rings (SSSR count). The van der Waals surface area contributed by atoms with Gasteiger partial charge in [-0.1, -0.05) is 18.2 Å². The van der Waals surface area contributed by atoms with Gasteiger partial charge in [-0.3, -0.25) is 0 Å². The van der Waals surface area contributed by atoms with Crippen LogP contribution in [0.25, 0.3) is 11.0 Å². The van der Waals surface area contributed by atoms with Crippen LogP contribution in [0, 0.1) is 0 Å². The second-order valence-electron chi connectivity index (χ2n) is 4.33. The quantitative estimate of drug-likeness (QED) is 0.785. The standard InChI is InChI=1S/C16H14O4/c1-18-12-5-3-6-13(9-12)19-15-7-2-4-11-8-14(10-17)20-16(11)15/h2-9,17H,10H2,1H3. The summed E-state index contributed by atoms with van der Waals surface area (Å²) in [6.45, 7) is -0.132. The van der Waals surface area contributed by atoms with Crippen molar-refractivity contribution < 1.29 is 19.0 Å². The molecule has 0 amide bonds. The van der Waals surface area contributed by atoms with Crippen molar-refractivity contribution in [2.75, 3.05) is 7.11 Å². The van der Waals surface area contributed by atoms with Crippen LogP contribution >= 0.6 is 0 Å². The minimum atomic E-state index is -0.132. The molecule has 4 heteroatoms. The van der Waals surface area contributed by atoms with E-state index >= 15 is 0 Å². The molecule has 1 aromatic heterocycles. The first-order chi connectivity index (χ1) is 9.80. The number of aliphatic hydroxyl groups excluding tert-OH is 1. The Morgan fingerprint density at radius 1 is 1.05 bits per heavy atom. The lowest BCUT2D eigenvalue weighted by Gasteiger charge is -2.07. The SMILES string of the molecule is COc1cccc(Oc2cccc3cc(CO)oc23)c1. The summed E-state index contributed by atoms with van der Waals surface area (Å²) in [5.41, 5.74) is 0.624. The van der Waals surface area contributed by atoms with Crippen molar-refractivity contribution in [3.8, 4) is 17.2 Å². The summed E-state index contributed by atoms with van der Waals surface area (Å²) in [6, 6.07) is 14.8. The van der Waals surface area contributed by atoms with E-state index in [1.165, 1.54) is 0 Å². The van der Waals surface area contributed by atoms with Gasteiger partial charge in [0.25, 0.3) is 0 Å². The Hall–Kier alpha value is -2.46. The first-order valence-corrected chi connectivity index (χ1v) is 6.24. The highest BCUT2D eigenvalue weighted by Crippen LogP contribution is 2.33. The third-order valence-corrected chi connectivity index (χ3v) is 2.98. The summed E-state index contributed by atoms with van der Waals surface area (Å²) >= 11 is 0. The van der Waals surface area contributed by atoms with E-state index in [9.17, 15) is 0 Å². The predicted molar refractivity (Wildman–Crippen MR) is 75.2 cm³/mol. The Labute approximate surface area is 116 Å². The smallest absolute Gasteiger partial charge is 0.176 e. The maximum Gasteiger partial charge on any atom is 0.176 e.